The molecule has 0 unspecified atom stereocenters. The summed E-state index contributed by atoms with van der Waals surface area (Å²) in [6.45, 7) is 2.65. The van der Waals surface area contributed by atoms with E-state index in [1.807, 2.05) is 52.1 Å². The van der Waals surface area contributed by atoms with Gasteiger partial charge in [0.2, 0.25) is 0 Å². The van der Waals surface area contributed by atoms with Crippen LogP contribution in [-0.2, 0) is 6.42 Å². The number of carbonyl (C=O) groups is 1. The maximum Gasteiger partial charge on any atom is 0.319 e. The Morgan fingerprint density at radius 1 is 0.923 bits per heavy atom. The summed E-state index contributed by atoms with van der Waals surface area (Å²) in [6, 6.07) is 14.4. The molecule has 0 aliphatic carbocycles. The number of carbonyl (C=O) groups excluding carboxylic acids is 1. The summed E-state index contributed by atoms with van der Waals surface area (Å²) in [5, 5.41) is 5.85. The predicted octanol–water partition coefficient (Wildman–Crippen LogP) is 3.88. The van der Waals surface area contributed by atoms with Crippen LogP contribution in [0.15, 0.2) is 42.5 Å². The summed E-state index contributed by atoms with van der Waals surface area (Å²) in [4.78, 5) is 16.2. The van der Waals surface area contributed by atoms with Crippen molar-refractivity contribution in [3.8, 4) is 0 Å². The Labute approximate surface area is 157 Å². The molecule has 0 atom stereocenters. The van der Waals surface area contributed by atoms with E-state index in [0.717, 1.165) is 29.8 Å². The molecular formula is C21H30N4O. The van der Waals surface area contributed by atoms with Gasteiger partial charge in [-0.15, -0.1) is 0 Å². The molecule has 0 aliphatic rings. The molecule has 5 heteroatoms. The van der Waals surface area contributed by atoms with Gasteiger partial charge in [0.25, 0.3) is 0 Å². The average Bonchev–Trinajstić information content (AvgIpc) is 2.60. The molecule has 2 rings (SSSR count). The summed E-state index contributed by atoms with van der Waals surface area (Å²) >= 11 is 0. The van der Waals surface area contributed by atoms with Gasteiger partial charge < -0.3 is 20.4 Å². The lowest BCUT2D eigenvalue weighted by Crippen LogP contribution is -2.30. The van der Waals surface area contributed by atoms with E-state index in [4.69, 9.17) is 0 Å². The molecule has 0 spiro atoms. The van der Waals surface area contributed by atoms with Crippen LogP contribution in [0.4, 0.5) is 21.9 Å². The maximum atomic E-state index is 12.1. The van der Waals surface area contributed by atoms with Crippen LogP contribution < -0.4 is 20.4 Å². The molecule has 5 nitrogen and oxygen atoms in total. The Balaban J connectivity index is 1.75. The fourth-order valence-corrected chi connectivity index (χ4v) is 2.69. The molecule has 0 fully saturated rings. The third kappa shape index (κ3) is 5.69. The first-order valence-corrected chi connectivity index (χ1v) is 8.96. The van der Waals surface area contributed by atoms with E-state index in [0.29, 0.717) is 6.54 Å². The van der Waals surface area contributed by atoms with Crippen LogP contribution in [0.25, 0.3) is 0 Å². The summed E-state index contributed by atoms with van der Waals surface area (Å²) in [7, 11) is 8.08. The number of anilines is 3. The monoisotopic (exact) mass is 354 g/mol. The Morgan fingerprint density at radius 2 is 1.54 bits per heavy atom. The molecule has 0 saturated heterocycles. The second-order valence-corrected chi connectivity index (χ2v) is 6.94. The summed E-state index contributed by atoms with van der Waals surface area (Å²) in [5.74, 6) is 0. The Morgan fingerprint density at radius 3 is 2.12 bits per heavy atom. The lowest BCUT2D eigenvalue weighted by molar-refractivity contribution is 0.252. The smallest absolute Gasteiger partial charge is 0.319 e. The highest BCUT2D eigenvalue weighted by atomic mass is 16.2. The number of urea groups is 1. The van der Waals surface area contributed by atoms with Crippen molar-refractivity contribution in [1.82, 2.24) is 5.32 Å². The minimum absolute atomic E-state index is 0.159. The Hall–Kier alpha value is -2.69. The van der Waals surface area contributed by atoms with Crippen LogP contribution in [0.5, 0.6) is 0 Å². The van der Waals surface area contributed by atoms with E-state index in [1.54, 1.807) is 0 Å². The number of hydrogen-bond acceptors (Lipinski definition) is 3. The van der Waals surface area contributed by atoms with E-state index in [9.17, 15) is 4.79 Å². The zero-order valence-corrected chi connectivity index (χ0v) is 16.5. The first-order valence-electron chi connectivity index (χ1n) is 8.96. The highest BCUT2D eigenvalue weighted by Gasteiger charge is 2.06. The van der Waals surface area contributed by atoms with Gasteiger partial charge in [-0.1, -0.05) is 12.1 Å². The Bertz CT molecular complexity index is 723. The van der Waals surface area contributed by atoms with Crippen LogP contribution in [0.2, 0.25) is 0 Å². The molecule has 0 aliphatic heterocycles. The van der Waals surface area contributed by atoms with E-state index in [1.165, 1.54) is 11.3 Å². The number of aryl methyl sites for hydroxylation is 2. The van der Waals surface area contributed by atoms with Crippen LogP contribution >= 0.6 is 0 Å². The minimum Gasteiger partial charge on any atom is -0.378 e. The second kappa shape index (κ2) is 9.13. The first kappa shape index (κ1) is 19.6. The number of rotatable bonds is 7. The van der Waals surface area contributed by atoms with Crippen LogP contribution in [0, 0.1) is 6.92 Å². The number of nitrogens with zero attached hydrogens (tertiary/aromatic N) is 2. The fourth-order valence-electron chi connectivity index (χ4n) is 2.69. The zero-order valence-electron chi connectivity index (χ0n) is 16.5. The Kier molecular flexibility index (Phi) is 6.89. The molecule has 0 saturated carbocycles. The van der Waals surface area contributed by atoms with Crippen LogP contribution in [-0.4, -0.2) is 40.8 Å². The van der Waals surface area contributed by atoms with Crippen molar-refractivity contribution in [2.45, 2.75) is 19.8 Å². The maximum absolute atomic E-state index is 12.1. The largest absolute Gasteiger partial charge is 0.378 e. The lowest BCUT2D eigenvalue weighted by atomic mass is 10.1. The van der Waals surface area contributed by atoms with E-state index < -0.39 is 0 Å². The summed E-state index contributed by atoms with van der Waals surface area (Å²) < 4.78 is 0. The molecule has 0 heterocycles. The van der Waals surface area contributed by atoms with Crippen LogP contribution in [0.3, 0.4) is 0 Å². The van der Waals surface area contributed by atoms with Crippen molar-refractivity contribution >= 4 is 23.1 Å². The standard InChI is InChI=1S/C21H30N4O/c1-16-15-19(25(4)5)12-13-20(16)23-21(26)22-14-6-7-17-8-10-18(11-9-17)24(2)3/h8-13,15H,6-7,14H2,1-5H3,(H2,22,23,26). The number of benzene rings is 2. The molecule has 0 radical (unpaired) electrons. The van der Waals surface area contributed by atoms with Gasteiger partial charge in [0, 0.05) is 51.8 Å². The zero-order chi connectivity index (χ0) is 19.1. The average molecular weight is 354 g/mol. The fraction of sp³-hybridized carbons (Fsp3) is 0.381. The number of hydrogen-bond donors (Lipinski definition) is 2. The molecule has 0 bridgehead atoms. The van der Waals surface area contributed by atoms with Gasteiger partial charge in [0.1, 0.15) is 0 Å². The number of nitrogens with one attached hydrogen (secondary N) is 2. The summed E-state index contributed by atoms with van der Waals surface area (Å²) in [5.41, 5.74) is 5.49. The van der Waals surface area contributed by atoms with Gasteiger partial charge in [0.05, 0.1) is 0 Å². The third-order valence-electron chi connectivity index (χ3n) is 4.36. The van der Waals surface area contributed by atoms with Gasteiger partial charge in [-0.3, -0.25) is 0 Å². The van der Waals surface area contributed by atoms with Crippen molar-refractivity contribution in [2.75, 3.05) is 49.9 Å². The number of amides is 2. The van der Waals surface area contributed by atoms with E-state index in [-0.39, 0.29) is 6.03 Å². The van der Waals surface area contributed by atoms with E-state index >= 15 is 0 Å². The van der Waals surface area contributed by atoms with Crippen molar-refractivity contribution in [1.29, 1.82) is 0 Å². The molecule has 2 aromatic rings. The van der Waals surface area contributed by atoms with Crippen LogP contribution in [0.1, 0.15) is 17.5 Å². The summed E-state index contributed by atoms with van der Waals surface area (Å²) in [6.07, 6.45) is 1.86. The predicted molar refractivity (Wildman–Crippen MR) is 112 cm³/mol. The molecule has 140 valence electrons. The van der Waals surface area contributed by atoms with Crippen molar-refractivity contribution in [3.63, 3.8) is 0 Å². The molecular weight excluding hydrogens is 324 g/mol. The minimum atomic E-state index is -0.159. The molecule has 2 aromatic carbocycles. The molecule has 0 aromatic heterocycles. The van der Waals surface area contributed by atoms with Crippen molar-refractivity contribution in [3.05, 3.63) is 53.6 Å². The molecule has 26 heavy (non-hydrogen) atoms. The quantitative estimate of drug-likeness (QED) is 0.742. The van der Waals surface area contributed by atoms with Crippen molar-refractivity contribution in [2.24, 2.45) is 0 Å². The van der Waals surface area contributed by atoms with Gasteiger partial charge in [-0.2, -0.15) is 0 Å². The van der Waals surface area contributed by atoms with Gasteiger partial charge in [0.15, 0.2) is 0 Å². The van der Waals surface area contributed by atoms with Gasteiger partial charge in [-0.25, -0.2) is 4.79 Å². The SMILES string of the molecule is Cc1cc(N(C)C)ccc1NC(=O)NCCCc1ccc(N(C)C)cc1. The first-order chi connectivity index (χ1) is 12.4. The molecule has 2 N–H and O–H groups in total. The van der Waals surface area contributed by atoms with Gasteiger partial charge >= 0.3 is 6.03 Å². The lowest BCUT2D eigenvalue weighted by Gasteiger charge is -2.16. The highest BCUT2D eigenvalue weighted by molar-refractivity contribution is 5.90. The van der Waals surface area contributed by atoms with Gasteiger partial charge in [-0.05, 0) is 61.2 Å². The normalized spacial score (nSPS) is 10.3. The molecule has 2 amide bonds. The highest BCUT2D eigenvalue weighted by Crippen LogP contribution is 2.21. The van der Waals surface area contributed by atoms with E-state index in [2.05, 4.69) is 45.9 Å². The second-order valence-electron chi connectivity index (χ2n) is 6.94. The van der Waals surface area contributed by atoms with Crippen molar-refractivity contribution < 1.29 is 4.79 Å². The third-order valence-corrected chi connectivity index (χ3v) is 4.36. The topological polar surface area (TPSA) is 47.6 Å².